The van der Waals surface area contributed by atoms with Gasteiger partial charge in [-0.05, 0) is 129 Å². The van der Waals surface area contributed by atoms with Gasteiger partial charge >= 0.3 is 0 Å². The molecule has 0 spiro atoms. The zero-order chi connectivity index (χ0) is 32.6. The van der Waals surface area contributed by atoms with E-state index in [1.54, 1.807) is 0 Å². The molecule has 2 atom stereocenters. The van der Waals surface area contributed by atoms with Crippen LogP contribution in [-0.2, 0) is 6.42 Å². The van der Waals surface area contributed by atoms with Crippen molar-refractivity contribution in [1.82, 2.24) is 0 Å². The SMILES string of the molecule is CCc1c(/C=C(\C)C2=NC(C3=CCC(C)C=C3)=CCC2)c(C2=CC3CC=CC=C3C=C2)c2ccccc2c1-c1ccc2ccccc2c1. The summed E-state index contributed by atoms with van der Waals surface area (Å²) in [6.45, 7) is 6.88. The van der Waals surface area contributed by atoms with Gasteiger partial charge in [0.05, 0.1) is 5.70 Å². The van der Waals surface area contributed by atoms with E-state index in [2.05, 4.69) is 154 Å². The topological polar surface area (TPSA) is 12.4 Å². The Bertz CT molecular complexity index is 2240. The van der Waals surface area contributed by atoms with Crippen LogP contribution in [0.15, 0.2) is 155 Å². The fourth-order valence-electron chi connectivity index (χ4n) is 7.93. The Morgan fingerprint density at radius 1 is 0.854 bits per heavy atom. The van der Waals surface area contributed by atoms with Crippen molar-refractivity contribution in [3.05, 3.63) is 167 Å². The molecule has 48 heavy (non-hydrogen) atoms. The average molecular weight is 622 g/mol. The van der Waals surface area contributed by atoms with E-state index in [1.807, 2.05) is 0 Å². The van der Waals surface area contributed by atoms with Gasteiger partial charge in [0, 0.05) is 11.6 Å². The Morgan fingerprint density at radius 3 is 2.48 bits per heavy atom. The standard InChI is InChI=1S/C47H43N/c1-4-40-43(28-32(3)44-18-11-19-45(48-44)35-22-20-31(2)21-23-35)47(39-27-25-34-13-6-8-15-37(34)30-39)42-17-10-9-16-41(42)46(40)38-26-24-33-12-5-7-14-36(33)29-38/h5-10,12-14,16-17,19-20,22-31,37H,4,11,15,18,21H2,1-3H3/b32-28+. The van der Waals surface area contributed by atoms with Crippen LogP contribution in [0, 0.1) is 11.8 Å². The molecule has 3 aliphatic carbocycles. The van der Waals surface area contributed by atoms with Crippen LogP contribution in [0.4, 0.5) is 0 Å². The first-order valence-electron chi connectivity index (χ1n) is 17.8. The average Bonchev–Trinajstić information content (AvgIpc) is 3.14. The summed E-state index contributed by atoms with van der Waals surface area (Å²) in [6.07, 6.45) is 30.8. The van der Waals surface area contributed by atoms with Crippen LogP contribution in [0.3, 0.4) is 0 Å². The fraction of sp³-hybridized carbons (Fsp3) is 0.213. The fourth-order valence-corrected chi connectivity index (χ4v) is 7.93. The van der Waals surface area contributed by atoms with Gasteiger partial charge in [-0.2, -0.15) is 0 Å². The maximum absolute atomic E-state index is 5.30. The maximum Gasteiger partial charge on any atom is 0.0662 e. The van der Waals surface area contributed by atoms with Crippen LogP contribution >= 0.6 is 0 Å². The van der Waals surface area contributed by atoms with E-state index in [0.29, 0.717) is 11.8 Å². The molecular weight excluding hydrogens is 579 g/mol. The molecule has 0 saturated heterocycles. The van der Waals surface area contributed by atoms with Gasteiger partial charge in [0.15, 0.2) is 0 Å². The number of nitrogens with zero attached hydrogens (tertiary/aromatic N) is 1. The van der Waals surface area contributed by atoms with E-state index < -0.39 is 0 Å². The number of rotatable bonds is 6. The molecule has 1 aliphatic heterocycles. The molecule has 0 fully saturated rings. The third kappa shape index (κ3) is 5.62. The second-order valence-corrected chi connectivity index (χ2v) is 13.7. The zero-order valence-corrected chi connectivity index (χ0v) is 28.3. The lowest BCUT2D eigenvalue weighted by Gasteiger charge is -2.26. The lowest BCUT2D eigenvalue weighted by atomic mass is 9.78. The number of fused-ring (bicyclic) bond motifs is 3. The molecule has 2 unspecified atom stereocenters. The van der Waals surface area contributed by atoms with Crippen LogP contribution in [0.5, 0.6) is 0 Å². The predicted octanol–water partition coefficient (Wildman–Crippen LogP) is 12.7. The van der Waals surface area contributed by atoms with Gasteiger partial charge < -0.3 is 0 Å². The predicted molar refractivity (Wildman–Crippen MR) is 208 cm³/mol. The van der Waals surface area contributed by atoms with E-state index in [1.165, 1.54) is 77.4 Å². The largest absolute Gasteiger partial charge is 0.253 e. The van der Waals surface area contributed by atoms with Gasteiger partial charge in [-0.1, -0.05) is 135 Å². The minimum Gasteiger partial charge on any atom is -0.253 e. The summed E-state index contributed by atoms with van der Waals surface area (Å²) in [4.78, 5) is 5.30. The number of benzene rings is 4. The molecule has 0 N–H and O–H groups in total. The molecule has 0 radical (unpaired) electrons. The molecule has 1 heteroatoms. The first-order chi connectivity index (χ1) is 23.6. The van der Waals surface area contributed by atoms with E-state index in [9.17, 15) is 0 Å². The Balaban J connectivity index is 1.36. The van der Waals surface area contributed by atoms with Gasteiger partial charge in [0.25, 0.3) is 0 Å². The highest BCUT2D eigenvalue weighted by atomic mass is 14.8. The van der Waals surface area contributed by atoms with Gasteiger partial charge in [0.1, 0.15) is 0 Å². The minimum atomic E-state index is 0.409. The lowest BCUT2D eigenvalue weighted by Crippen LogP contribution is -2.09. The monoisotopic (exact) mass is 621 g/mol. The smallest absolute Gasteiger partial charge is 0.0662 e. The molecule has 0 amide bonds. The van der Waals surface area contributed by atoms with Crippen molar-refractivity contribution >= 4 is 38.9 Å². The van der Waals surface area contributed by atoms with Crippen molar-refractivity contribution in [2.75, 3.05) is 0 Å². The molecule has 0 bridgehead atoms. The van der Waals surface area contributed by atoms with Gasteiger partial charge in [-0.15, -0.1) is 0 Å². The summed E-state index contributed by atoms with van der Waals surface area (Å²) in [5, 5.41) is 5.18. The Morgan fingerprint density at radius 2 is 1.67 bits per heavy atom. The van der Waals surface area contributed by atoms with Crippen molar-refractivity contribution < 1.29 is 0 Å². The van der Waals surface area contributed by atoms with E-state index in [-0.39, 0.29) is 0 Å². The van der Waals surface area contributed by atoms with Crippen LogP contribution in [0.1, 0.15) is 63.1 Å². The zero-order valence-electron chi connectivity index (χ0n) is 28.3. The Kier molecular flexibility index (Phi) is 8.14. The summed E-state index contributed by atoms with van der Waals surface area (Å²) in [5.74, 6) is 1.00. The van der Waals surface area contributed by atoms with Crippen LogP contribution < -0.4 is 0 Å². The molecule has 1 heterocycles. The first-order valence-corrected chi connectivity index (χ1v) is 17.8. The molecule has 0 aromatic heterocycles. The molecule has 236 valence electrons. The van der Waals surface area contributed by atoms with Crippen molar-refractivity contribution in [3.63, 3.8) is 0 Å². The van der Waals surface area contributed by atoms with E-state index in [0.717, 1.165) is 37.8 Å². The van der Waals surface area contributed by atoms with E-state index in [4.69, 9.17) is 4.99 Å². The summed E-state index contributed by atoms with van der Waals surface area (Å²) < 4.78 is 0. The van der Waals surface area contributed by atoms with Crippen molar-refractivity contribution in [3.8, 4) is 11.1 Å². The van der Waals surface area contributed by atoms with Crippen molar-refractivity contribution in [2.24, 2.45) is 16.8 Å². The molecule has 4 aromatic carbocycles. The van der Waals surface area contributed by atoms with Gasteiger partial charge in [-0.3, -0.25) is 4.99 Å². The quantitative estimate of drug-likeness (QED) is 0.203. The minimum absolute atomic E-state index is 0.409. The number of allylic oxidation sites excluding steroid dienone is 13. The molecule has 1 nitrogen and oxygen atoms in total. The molecule has 0 saturated carbocycles. The second kappa shape index (κ2) is 12.9. The van der Waals surface area contributed by atoms with Gasteiger partial charge in [-0.25, -0.2) is 0 Å². The first kappa shape index (κ1) is 30.3. The summed E-state index contributed by atoms with van der Waals surface area (Å²) >= 11 is 0. The summed E-state index contributed by atoms with van der Waals surface area (Å²) in [5.41, 5.74) is 14.3. The maximum atomic E-state index is 5.30. The van der Waals surface area contributed by atoms with E-state index >= 15 is 0 Å². The third-order valence-corrected chi connectivity index (χ3v) is 10.5. The molecule has 4 aromatic rings. The molecule has 4 aliphatic rings. The number of hydrogen-bond acceptors (Lipinski definition) is 1. The van der Waals surface area contributed by atoms with Crippen LogP contribution in [0.25, 0.3) is 44.3 Å². The molecule has 8 rings (SSSR count). The Hall–Kier alpha value is -5.01. The van der Waals surface area contributed by atoms with Gasteiger partial charge in [0.2, 0.25) is 0 Å². The highest BCUT2D eigenvalue weighted by Crippen LogP contribution is 2.44. The molecular formula is C47H43N. The lowest BCUT2D eigenvalue weighted by molar-refractivity contribution is 0.731. The Labute approximate surface area is 285 Å². The van der Waals surface area contributed by atoms with Crippen molar-refractivity contribution in [2.45, 2.75) is 52.9 Å². The van der Waals surface area contributed by atoms with Crippen LogP contribution in [0.2, 0.25) is 0 Å². The second-order valence-electron chi connectivity index (χ2n) is 13.7. The normalized spacial score (nSPS) is 20.6. The summed E-state index contributed by atoms with van der Waals surface area (Å²) in [6, 6.07) is 24.8. The highest BCUT2D eigenvalue weighted by Gasteiger charge is 2.24. The van der Waals surface area contributed by atoms with Crippen molar-refractivity contribution in [1.29, 1.82) is 0 Å². The number of hydrogen-bond donors (Lipinski definition) is 0. The third-order valence-electron chi connectivity index (χ3n) is 10.5. The van der Waals surface area contributed by atoms with Crippen LogP contribution in [-0.4, -0.2) is 5.71 Å². The number of aliphatic imine (C=N–C) groups is 1. The highest BCUT2D eigenvalue weighted by molar-refractivity contribution is 6.11. The summed E-state index contributed by atoms with van der Waals surface area (Å²) in [7, 11) is 0.